The highest BCUT2D eigenvalue weighted by atomic mass is 16.5. The molecule has 5 nitrogen and oxygen atoms in total. The van der Waals surface area contributed by atoms with Crippen molar-refractivity contribution in [2.45, 2.75) is 44.9 Å². The largest absolute Gasteiger partial charge is 0.482 e. The van der Waals surface area contributed by atoms with Crippen molar-refractivity contribution in [3.63, 3.8) is 0 Å². The fourth-order valence-electron chi connectivity index (χ4n) is 3.79. The van der Waals surface area contributed by atoms with Crippen LogP contribution in [0.2, 0.25) is 0 Å². The van der Waals surface area contributed by atoms with E-state index in [-0.39, 0.29) is 12.5 Å². The molecule has 2 atom stereocenters. The summed E-state index contributed by atoms with van der Waals surface area (Å²) in [6, 6.07) is 8.93. The lowest BCUT2D eigenvalue weighted by Crippen LogP contribution is -2.31. The van der Waals surface area contributed by atoms with Crippen molar-refractivity contribution < 1.29 is 9.53 Å². The fraction of sp³-hybridized carbons (Fsp3) is 0.526. The first-order valence-corrected chi connectivity index (χ1v) is 8.72. The Balaban J connectivity index is 1.48. The van der Waals surface area contributed by atoms with Gasteiger partial charge in [-0.1, -0.05) is 31.4 Å². The van der Waals surface area contributed by atoms with E-state index >= 15 is 0 Å². The van der Waals surface area contributed by atoms with Crippen LogP contribution in [-0.2, 0) is 4.79 Å². The van der Waals surface area contributed by atoms with Gasteiger partial charge in [0.2, 0.25) is 0 Å². The van der Waals surface area contributed by atoms with Gasteiger partial charge >= 0.3 is 0 Å². The molecule has 1 N–H and O–H groups in total. The molecule has 2 aliphatic rings. The third-order valence-corrected chi connectivity index (χ3v) is 5.07. The van der Waals surface area contributed by atoms with Crippen molar-refractivity contribution in [3.8, 4) is 11.8 Å². The zero-order valence-electron chi connectivity index (χ0n) is 13.8. The maximum absolute atomic E-state index is 11.9. The minimum Gasteiger partial charge on any atom is -0.482 e. The second-order valence-electron chi connectivity index (χ2n) is 6.66. The van der Waals surface area contributed by atoms with Crippen molar-refractivity contribution in [1.29, 1.82) is 5.26 Å². The summed E-state index contributed by atoms with van der Waals surface area (Å²) in [5, 5.41) is 13.3. The van der Waals surface area contributed by atoms with Gasteiger partial charge in [-0.2, -0.15) is 10.4 Å². The molecular formula is C19H23N3O2. The first-order valence-electron chi connectivity index (χ1n) is 8.72. The van der Waals surface area contributed by atoms with E-state index in [9.17, 15) is 4.79 Å². The summed E-state index contributed by atoms with van der Waals surface area (Å²) in [5.74, 6) is 1.74. The molecule has 3 rings (SSSR count). The van der Waals surface area contributed by atoms with Crippen LogP contribution in [0.5, 0.6) is 5.75 Å². The molecule has 24 heavy (non-hydrogen) atoms. The summed E-state index contributed by atoms with van der Waals surface area (Å²) < 4.78 is 5.41. The lowest BCUT2D eigenvalue weighted by Gasteiger charge is -2.35. The van der Waals surface area contributed by atoms with Crippen LogP contribution in [-0.4, -0.2) is 18.2 Å². The number of carbonyl (C=O) groups excluding carboxylic acids is 1. The first kappa shape index (κ1) is 16.5. The lowest BCUT2D eigenvalue weighted by molar-refractivity contribution is -0.123. The van der Waals surface area contributed by atoms with E-state index in [1.807, 2.05) is 6.07 Å². The Morgan fingerprint density at radius 3 is 2.88 bits per heavy atom. The van der Waals surface area contributed by atoms with E-state index in [0.717, 1.165) is 30.4 Å². The van der Waals surface area contributed by atoms with E-state index in [4.69, 9.17) is 10.00 Å². The number of fused-ring (bicyclic) bond motifs is 1. The van der Waals surface area contributed by atoms with Crippen LogP contribution in [0, 0.1) is 23.2 Å². The van der Waals surface area contributed by atoms with Gasteiger partial charge in [-0.15, -0.1) is 0 Å². The molecular weight excluding hydrogens is 302 g/mol. The SMILES string of the molecule is N#Cc1ccccc1OCC(=O)N/N=C1\CC[C@H]2CCCC[C@@H]2C1. The molecule has 0 aromatic heterocycles. The smallest absolute Gasteiger partial charge is 0.277 e. The summed E-state index contributed by atoms with van der Waals surface area (Å²) in [6.07, 6.45) is 8.55. The number of ether oxygens (including phenoxy) is 1. The average molecular weight is 325 g/mol. The van der Waals surface area contributed by atoms with Crippen molar-refractivity contribution in [2.75, 3.05) is 6.61 Å². The van der Waals surface area contributed by atoms with Gasteiger partial charge in [-0.05, 0) is 49.7 Å². The number of amides is 1. The van der Waals surface area contributed by atoms with Gasteiger partial charge in [-0.3, -0.25) is 4.79 Å². The molecule has 0 radical (unpaired) electrons. The van der Waals surface area contributed by atoms with E-state index in [0.29, 0.717) is 11.3 Å². The average Bonchev–Trinajstić information content (AvgIpc) is 2.64. The van der Waals surface area contributed by atoms with Crippen molar-refractivity contribution in [2.24, 2.45) is 16.9 Å². The maximum atomic E-state index is 11.9. The van der Waals surface area contributed by atoms with Crippen LogP contribution in [0.3, 0.4) is 0 Å². The normalized spacial score (nSPS) is 24.7. The van der Waals surface area contributed by atoms with Crippen LogP contribution in [0.15, 0.2) is 29.4 Å². The van der Waals surface area contributed by atoms with E-state index in [2.05, 4.69) is 10.5 Å². The Morgan fingerprint density at radius 1 is 1.25 bits per heavy atom. The Bertz CT molecular complexity index is 663. The predicted molar refractivity (Wildman–Crippen MR) is 91.5 cm³/mol. The van der Waals surface area contributed by atoms with Gasteiger partial charge in [0, 0.05) is 5.71 Å². The number of hydrogen-bond acceptors (Lipinski definition) is 4. The molecule has 0 unspecified atom stereocenters. The standard InChI is InChI=1S/C19H23N3O2/c20-12-16-7-3-4-8-18(16)24-13-19(23)22-21-17-10-9-14-5-1-2-6-15(14)11-17/h3-4,7-8,14-15H,1-2,5-6,9-11,13H2,(H,22,23)/b21-17+/t14-,15-/m1/s1. The predicted octanol–water partition coefficient (Wildman–Crippen LogP) is 3.40. The Morgan fingerprint density at radius 2 is 2.04 bits per heavy atom. The zero-order chi connectivity index (χ0) is 16.8. The number of nitrogens with one attached hydrogen (secondary N) is 1. The highest BCUT2D eigenvalue weighted by molar-refractivity contribution is 5.87. The van der Waals surface area contributed by atoms with Crippen LogP contribution in [0.25, 0.3) is 0 Å². The molecule has 0 spiro atoms. The Hall–Kier alpha value is -2.35. The van der Waals surface area contributed by atoms with Crippen LogP contribution in [0.4, 0.5) is 0 Å². The monoisotopic (exact) mass is 325 g/mol. The molecule has 1 aromatic carbocycles. The van der Waals surface area contributed by atoms with Gasteiger partial charge in [0.1, 0.15) is 11.8 Å². The summed E-state index contributed by atoms with van der Waals surface area (Å²) in [7, 11) is 0. The third-order valence-electron chi connectivity index (χ3n) is 5.07. The van der Waals surface area contributed by atoms with Gasteiger partial charge in [0.05, 0.1) is 5.56 Å². The number of hydrogen-bond donors (Lipinski definition) is 1. The van der Waals surface area contributed by atoms with Crippen LogP contribution >= 0.6 is 0 Å². The second-order valence-corrected chi connectivity index (χ2v) is 6.66. The van der Waals surface area contributed by atoms with Crippen molar-refractivity contribution in [1.82, 2.24) is 5.43 Å². The summed E-state index contributed by atoms with van der Waals surface area (Å²) in [4.78, 5) is 11.9. The van der Waals surface area contributed by atoms with Gasteiger partial charge in [-0.25, -0.2) is 5.43 Å². The molecule has 126 valence electrons. The molecule has 2 fully saturated rings. The molecule has 0 heterocycles. The van der Waals surface area contributed by atoms with E-state index in [1.54, 1.807) is 24.3 Å². The molecule has 0 saturated heterocycles. The highest BCUT2D eigenvalue weighted by Crippen LogP contribution is 2.39. The molecule has 0 aliphatic heterocycles. The van der Waals surface area contributed by atoms with Crippen LogP contribution in [0.1, 0.15) is 50.5 Å². The maximum Gasteiger partial charge on any atom is 0.277 e. The number of rotatable bonds is 4. The molecule has 2 aliphatic carbocycles. The van der Waals surface area contributed by atoms with E-state index in [1.165, 1.54) is 32.1 Å². The number of carbonyl (C=O) groups is 1. The molecule has 5 heteroatoms. The minimum absolute atomic E-state index is 0.137. The highest BCUT2D eigenvalue weighted by Gasteiger charge is 2.30. The third kappa shape index (κ3) is 4.14. The number of hydrazone groups is 1. The Kier molecular flexibility index (Phi) is 5.47. The van der Waals surface area contributed by atoms with Gasteiger partial charge < -0.3 is 4.74 Å². The van der Waals surface area contributed by atoms with Crippen LogP contribution < -0.4 is 10.2 Å². The number of nitrogens with zero attached hydrogens (tertiary/aromatic N) is 2. The lowest BCUT2D eigenvalue weighted by atomic mass is 9.70. The molecule has 1 amide bonds. The number of benzene rings is 1. The minimum atomic E-state index is -0.291. The molecule has 1 aromatic rings. The first-order chi connectivity index (χ1) is 11.8. The topological polar surface area (TPSA) is 74.5 Å². The molecule has 2 saturated carbocycles. The zero-order valence-corrected chi connectivity index (χ0v) is 13.8. The fourth-order valence-corrected chi connectivity index (χ4v) is 3.79. The van der Waals surface area contributed by atoms with Gasteiger partial charge in [0.25, 0.3) is 5.91 Å². The van der Waals surface area contributed by atoms with E-state index < -0.39 is 0 Å². The summed E-state index contributed by atoms with van der Waals surface area (Å²) in [6.45, 7) is -0.137. The summed E-state index contributed by atoms with van der Waals surface area (Å²) in [5.41, 5.74) is 4.12. The van der Waals surface area contributed by atoms with Crippen molar-refractivity contribution in [3.05, 3.63) is 29.8 Å². The van der Waals surface area contributed by atoms with Gasteiger partial charge in [0.15, 0.2) is 6.61 Å². The van der Waals surface area contributed by atoms with Crippen molar-refractivity contribution >= 4 is 11.6 Å². The quantitative estimate of drug-likeness (QED) is 0.862. The number of nitriles is 1. The number of para-hydroxylation sites is 1. The Labute approximate surface area is 142 Å². The summed E-state index contributed by atoms with van der Waals surface area (Å²) >= 11 is 0. The second kappa shape index (κ2) is 7.96. The molecule has 0 bridgehead atoms.